The lowest BCUT2D eigenvalue weighted by molar-refractivity contribution is -0.115. The number of nitrogens with zero attached hydrogens (tertiary/aromatic N) is 1. The largest absolute Gasteiger partial charge is 0.302 e. The molecule has 0 aliphatic carbocycles. The number of nitrogens with one attached hydrogen (secondary N) is 1. The molecule has 24 heavy (non-hydrogen) atoms. The highest BCUT2D eigenvalue weighted by molar-refractivity contribution is 9.10. The van der Waals surface area contributed by atoms with Crippen molar-refractivity contribution < 1.29 is 4.79 Å². The van der Waals surface area contributed by atoms with E-state index in [2.05, 4.69) is 26.2 Å². The molecular weight excluding hydrogens is 404 g/mol. The minimum atomic E-state index is -0.00450. The minimum absolute atomic E-state index is 0.00450. The number of benzene rings is 2. The van der Waals surface area contributed by atoms with Gasteiger partial charge in [0.05, 0.1) is 5.69 Å². The van der Waals surface area contributed by atoms with Crippen molar-refractivity contribution >= 4 is 50.1 Å². The smallest absolute Gasteiger partial charge is 0.226 e. The molecule has 0 saturated heterocycles. The van der Waals surface area contributed by atoms with Crippen LogP contribution in [0.1, 0.15) is 6.42 Å². The van der Waals surface area contributed by atoms with Gasteiger partial charge in [0.15, 0.2) is 5.13 Å². The molecule has 122 valence electrons. The summed E-state index contributed by atoms with van der Waals surface area (Å²) in [4.78, 5) is 17.7. The summed E-state index contributed by atoms with van der Waals surface area (Å²) in [6.07, 6.45) is 0.465. The van der Waals surface area contributed by atoms with Crippen molar-refractivity contribution in [1.29, 1.82) is 0 Å². The van der Waals surface area contributed by atoms with Crippen LogP contribution in [-0.4, -0.2) is 16.6 Å². The van der Waals surface area contributed by atoms with Gasteiger partial charge < -0.3 is 5.32 Å². The first kappa shape index (κ1) is 17.2. The van der Waals surface area contributed by atoms with Gasteiger partial charge in [0, 0.05) is 32.5 Å². The molecule has 1 aromatic heterocycles. The number of carbonyl (C=O) groups excluding carboxylic acids is 1. The van der Waals surface area contributed by atoms with Crippen LogP contribution in [-0.2, 0) is 4.79 Å². The second-order valence-corrected chi connectivity index (χ2v) is 7.95. The SMILES string of the molecule is O=C(CCSc1ccccc1)Nc1nc(-c2ccc(Br)cc2)cs1. The molecule has 1 amide bonds. The Bertz CT molecular complexity index is 803. The molecule has 0 bridgehead atoms. The molecule has 3 nitrogen and oxygen atoms in total. The summed E-state index contributed by atoms with van der Waals surface area (Å²) in [5.41, 5.74) is 1.91. The minimum Gasteiger partial charge on any atom is -0.302 e. The Hall–Kier alpha value is -1.63. The molecule has 0 spiro atoms. The van der Waals surface area contributed by atoms with Gasteiger partial charge in [-0.25, -0.2) is 4.98 Å². The van der Waals surface area contributed by atoms with Crippen molar-refractivity contribution in [2.24, 2.45) is 0 Å². The number of amides is 1. The van der Waals surface area contributed by atoms with Crippen LogP contribution in [0.4, 0.5) is 5.13 Å². The van der Waals surface area contributed by atoms with E-state index in [4.69, 9.17) is 0 Å². The Balaban J connectivity index is 1.51. The zero-order valence-corrected chi connectivity index (χ0v) is 16.0. The van der Waals surface area contributed by atoms with E-state index in [1.165, 1.54) is 16.2 Å². The van der Waals surface area contributed by atoms with Gasteiger partial charge in [-0.1, -0.05) is 46.3 Å². The van der Waals surface area contributed by atoms with Crippen LogP contribution in [0.3, 0.4) is 0 Å². The van der Waals surface area contributed by atoms with E-state index in [-0.39, 0.29) is 5.91 Å². The molecule has 1 heterocycles. The highest BCUT2D eigenvalue weighted by atomic mass is 79.9. The second-order valence-electron chi connectivity index (χ2n) is 5.00. The van der Waals surface area contributed by atoms with E-state index in [1.54, 1.807) is 11.8 Å². The third-order valence-electron chi connectivity index (χ3n) is 3.23. The molecule has 0 radical (unpaired) electrons. The number of hydrogen-bond donors (Lipinski definition) is 1. The van der Waals surface area contributed by atoms with Gasteiger partial charge in [-0.2, -0.15) is 0 Å². The van der Waals surface area contributed by atoms with Gasteiger partial charge in [-0.3, -0.25) is 4.79 Å². The Morgan fingerprint density at radius 2 is 1.88 bits per heavy atom. The molecule has 6 heteroatoms. The van der Waals surface area contributed by atoms with Crippen LogP contribution < -0.4 is 5.32 Å². The van der Waals surface area contributed by atoms with Crippen LogP contribution in [0.5, 0.6) is 0 Å². The number of thioether (sulfide) groups is 1. The standard InChI is InChI=1S/C18H15BrN2OS2/c19-14-8-6-13(7-9-14)16-12-24-18(20-16)21-17(22)10-11-23-15-4-2-1-3-5-15/h1-9,12H,10-11H2,(H,20,21,22). The summed E-state index contributed by atoms with van der Waals surface area (Å²) in [5.74, 6) is 0.746. The molecule has 3 rings (SSSR count). The Morgan fingerprint density at radius 3 is 2.62 bits per heavy atom. The second kappa shape index (κ2) is 8.46. The zero-order chi connectivity index (χ0) is 16.8. The number of thiazole rings is 1. The maximum absolute atomic E-state index is 12.0. The number of hydrogen-bond acceptors (Lipinski definition) is 4. The number of aromatic nitrogens is 1. The fourth-order valence-corrected chi connectivity index (χ4v) is 3.92. The molecule has 0 aliphatic rings. The fourth-order valence-electron chi connectivity index (χ4n) is 2.04. The first-order valence-electron chi connectivity index (χ1n) is 7.40. The monoisotopic (exact) mass is 418 g/mol. The number of carbonyl (C=O) groups is 1. The van der Waals surface area contributed by atoms with Crippen LogP contribution in [0.2, 0.25) is 0 Å². The van der Waals surface area contributed by atoms with Crippen molar-refractivity contribution in [2.75, 3.05) is 11.1 Å². The lowest BCUT2D eigenvalue weighted by atomic mass is 10.2. The highest BCUT2D eigenvalue weighted by Gasteiger charge is 2.08. The molecule has 0 fully saturated rings. The van der Waals surface area contributed by atoms with E-state index in [0.29, 0.717) is 11.6 Å². The first-order chi connectivity index (χ1) is 11.7. The summed E-state index contributed by atoms with van der Waals surface area (Å²) in [6.45, 7) is 0. The van der Waals surface area contributed by atoms with Crippen molar-refractivity contribution in [3.05, 3.63) is 64.5 Å². The van der Waals surface area contributed by atoms with Gasteiger partial charge in [0.2, 0.25) is 5.91 Å². The zero-order valence-electron chi connectivity index (χ0n) is 12.7. The lowest BCUT2D eigenvalue weighted by Crippen LogP contribution is -2.11. The van der Waals surface area contributed by atoms with Crippen LogP contribution >= 0.6 is 39.0 Å². The molecule has 2 aromatic carbocycles. The Labute approximate surface area is 157 Å². The predicted octanol–water partition coefficient (Wildman–Crippen LogP) is 5.69. The highest BCUT2D eigenvalue weighted by Crippen LogP contribution is 2.26. The van der Waals surface area contributed by atoms with Gasteiger partial charge >= 0.3 is 0 Å². The van der Waals surface area contributed by atoms with Crippen LogP contribution in [0.15, 0.2) is 69.3 Å². The van der Waals surface area contributed by atoms with Gasteiger partial charge in [-0.05, 0) is 24.3 Å². The number of halogens is 1. The van der Waals surface area contributed by atoms with Gasteiger partial charge in [-0.15, -0.1) is 23.1 Å². The van der Waals surface area contributed by atoms with E-state index in [9.17, 15) is 4.79 Å². The molecule has 1 N–H and O–H groups in total. The number of anilines is 1. The quantitative estimate of drug-likeness (QED) is 0.522. The molecule has 0 atom stereocenters. The topological polar surface area (TPSA) is 42.0 Å². The van der Waals surface area contributed by atoms with E-state index in [0.717, 1.165) is 21.5 Å². The normalized spacial score (nSPS) is 10.5. The summed E-state index contributed by atoms with van der Waals surface area (Å²) < 4.78 is 1.03. The third-order valence-corrected chi connectivity index (χ3v) is 5.53. The average Bonchev–Trinajstić information content (AvgIpc) is 3.05. The van der Waals surface area contributed by atoms with Gasteiger partial charge in [0.25, 0.3) is 0 Å². The van der Waals surface area contributed by atoms with E-state index in [1.807, 2.05) is 60.0 Å². The average molecular weight is 419 g/mol. The summed E-state index contributed by atoms with van der Waals surface area (Å²) >= 11 is 6.55. The molecular formula is C18H15BrN2OS2. The van der Waals surface area contributed by atoms with E-state index < -0.39 is 0 Å². The Kier molecular flexibility index (Phi) is 6.07. The molecule has 0 unspecified atom stereocenters. The van der Waals surface area contributed by atoms with Gasteiger partial charge in [0.1, 0.15) is 0 Å². The first-order valence-corrected chi connectivity index (χ1v) is 10.1. The summed E-state index contributed by atoms with van der Waals surface area (Å²) in [5, 5.41) is 5.47. The van der Waals surface area contributed by atoms with Crippen molar-refractivity contribution in [3.8, 4) is 11.3 Å². The van der Waals surface area contributed by atoms with Crippen LogP contribution in [0, 0.1) is 0 Å². The lowest BCUT2D eigenvalue weighted by Gasteiger charge is -2.02. The Morgan fingerprint density at radius 1 is 1.12 bits per heavy atom. The fraction of sp³-hybridized carbons (Fsp3) is 0.111. The summed E-state index contributed by atoms with van der Waals surface area (Å²) in [7, 11) is 0. The maximum atomic E-state index is 12.0. The molecule has 3 aromatic rings. The third kappa shape index (κ3) is 4.93. The van der Waals surface area contributed by atoms with Crippen LogP contribution in [0.25, 0.3) is 11.3 Å². The predicted molar refractivity (Wildman–Crippen MR) is 106 cm³/mol. The van der Waals surface area contributed by atoms with Crippen molar-refractivity contribution in [1.82, 2.24) is 4.98 Å². The van der Waals surface area contributed by atoms with Crippen molar-refractivity contribution in [3.63, 3.8) is 0 Å². The number of rotatable bonds is 6. The van der Waals surface area contributed by atoms with Crippen molar-refractivity contribution in [2.45, 2.75) is 11.3 Å². The molecule has 0 aliphatic heterocycles. The maximum Gasteiger partial charge on any atom is 0.226 e. The van der Waals surface area contributed by atoms with E-state index >= 15 is 0 Å². The summed E-state index contributed by atoms with van der Waals surface area (Å²) in [6, 6.07) is 18.1. The molecule has 0 saturated carbocycles.